The van der Waals surface area contributed by atoms with Gasteiger partial charge in [0.15, 0.2) is 0 Å². The molecular formula is C22H24N4O3. The van der Waals surface area contributed by atoms with Gasteiger partial charge in [0, 0.05) is 17.7 Å². The number of hydrogen-bond donors (Lipinski definition) is 1. The number of nitrogens with zero attached hydrogens (tertiary/aromatic N) is 3. The summed E-state index contributed by atoms with van der Waals surface area (Å²) in [5.74, 6) is 1.36. The lowest BCUT2D eigenvalue weighted by Gasteiger charge is -2.14. The van der Waals surface area contributed by atoms with Gasteiger partial charge in [0.25, 0.3) is 5.91 Å². The largest absolute Gasteiger partial charge is 0.497 e. The molecule has 3 aromatic rings. The molecule has 7 heteroatoms. The number of methoxy groups -OCH3 is 1. The summed E-state index contributed by atoms with van der Waals surface area (Å²) in [5, 5.41) is 6.80. The Bertz CT molecular complexity index is 962. The van der Waals surface area contributed by atoms with E-state index in [1.54, 1.807) is 7.11 Å². The topological polar surface area (TPSA) is 80.5 Å². The number of nitrogens with one attached hydrogen (secondary N) is 1. The minimum absolute atomic E-state index is 0.168. The molecule has 7 nitrogen and oxygen atoms in total. The number of aromatic nitrogens is 2. The van der Waals surface area contributed by atoms with E-state index in [0.717, 1.165) is 30.9 Å². The van der Waals surface area contributed by atoms with Crippen LogP contribution in [-0.2, 0) is 13.1 Å². The highest BCUT2D eigenvalue weighted by molar-refractivity contribution is 5.94. The van der Waals surface area contributed by atoms with Crippen molar-refractivity contribution in [3.05, 3.63) is 65.5 Å². The number of hydrogen-bond acceptors (Lipinski definition) is 6. The lowest BCUT2D eigenvalue weighted by molar-refractivity contribution is 0.0946. The van der Waals surface area contributed by atoms with Crippen LogP contribution in [0.25, 0.3) is 11.4 Å². The second-order valence-electron chi connectivity index (χ2n) is 7.11. The van der Waals surface area contributed by atoms with Crippen LogP contribution in [0, 0.1) is 0 Å². The first-order valence-electron chi connectivity index (χ1n) is 9.78. The molecular weight excluding hydrogens is 368 g/mol. The molecule has 0 aliphatic carbocycles. The second-order valence-corrected chi connectivity index (χ2v) is 7.11. The molecule has 0 saturated carbocycles. The van der Waals surface area contributed by atoms with Crippen molar-refractivity contribution in [1.82, 2.24) is 20.4 Å². The van der Waals surface area contributed by atoms with Crippen molar-refractivity contribution >= 4 is 5.91 Å². The lowest BCUT2D eigenvalue weighted by Crippen LogP contribution is -2.23. The van der Waals surface area contributed by atoms with Crippen LogP contribution in [0.5, 0.6) is 5.75 Å². The van der Waals surface area contributed by atoms with Crippen molar-refractivity contribution in [2.45, 2.75) is 25.9 Å². The summed E-state index contributed by atoms with van der Waals surface area (Å²) in [6.45, 7) is 3.43. The zero-order valence-electron chi connectivity index (χ0n) is 16.4. The molecule has 0 atom stereocenters. The average Bonchev–Trinajstić information content (AvgIpc) is 3.45. The molecule has 1 aliphatic heterocycles. The second kappa shape index (κ2) is 8.87. The molecule has 0 spiro atoms. The fraction of sp³-hybridized carbons (Fsp3) is 0.318. The Balaban J connectivity index is 1.33. The number of likely N-dealkylation sites (tertiary alicyclic amines) is 1. The highest BCUT2D eigenvalue weighted by atomic mass is 16.5. The van der Waals surface area contributed by atoms with Gasteiger partial charge in [0.1, 0.15) is 5.75 Å². The number of benzene rings is 2. The maximum atomic E-state index is 12.4. The van der Waals surface area contributed by atoms with E-state index in [2.05, 4.69) is 20.4 Å². The molecule has 0 bridgehead atoms. The van der Waals surface area contributed by atoms with Crippen molar-refractivity contribution in [2.24, 2.45) is 0 Å². The third-order valence-electron chi connectivity index (χ3n) is 5.02. The van der Waals surface area contributed by atoms with E-state index in [-0.39, 0.29) is 12.5 Å². The van der Waals surface area contributed by atoms with E-state index < -0.39 is 0 Å². The highest BCUT2D eigenvalue weighted by Crippen LogP contribution is 2.21. The lowest BCUT2D eigenvalue weighted by atomic mass is 10.1. The monoisotopic (exact) mass is 392 g/mol. The molecule has 2 heterocycles. The fourth-order valence-corrected chi connectivity index (χ4v) is 3.42. The normalized spacial score (nSPS) is 14.1. The van der Waals surface area contributed by atoms with E-state index in [4.69, 9.17) is 9.26 Å². The number of rotatable bonds is 7. The maximum Gasteiger partial charge on any atom is 0.251 e. The number of carbonyl (C=O) groups is 1. The Hall–Kier alpha value is -3.19. The van der Waals surface area contributed by atoms with Gasteiger partial charge in [-0.3, -0.25) is 9.69 Å². The molecule has 1 N–H and O–H groups in total. The van der Waals surface area contributed by atoms with Gasteiger partial charge < -0.3 is 14.6 Å². The van der Waals surface area contributed by atoms with Gasteiger partial charge in [-0.2, -0.15) is 4.98 Å². The van der Waals surface area contributed by atoms with Crippen molar-refractivity contribution in [2.75, 3.05) is 20.2 Å². The summed E-state index contributed by atoms with van der Waals surface area (Å²) in [7, 11) is 1.61. The van der Waals surface area contributed by atoms with Gasteiger partial charge in [-0.1, -0.05) is 29.4 Å². The van der Waals surface area contributed by atoms with Gasteiger partial charge in [-0.25, -0.2) is 0 Å². The molecule has 0 unspecified atom stereocenters. The molecule has 0 radical (unpaired) electrons. The molecule has 1 amide bonds. The zero-order chi connectivity index (χ0) is 20.1. The Morgan fingerprint density at radius 2 is 1.97 bits per heavy atom. The Morgan fingerprint density at radius 1 is 1.17 bits per heavy atom. The SMILES string of the molecule is COc1cccc(-c2noc(CNC(=O)c3ccc(CN4CCCC4)cc3)n2)c1. The van der Waals surface area contributed by atoms with Crippen molar-refractivity contribution in [3.8, 4) is 17.1 Å². The van der Waals surface area contributed by atoms with Gasteiger partial charge in [0.2, 0.25) is 11.7 Å². The van der Waals surface area contributed by atoms with E-state index >= 15 is 0 Å². The summed E-state index contributed by atoms with van der Waals surface area (Å²) >= 11 is 0. The number of carbonyl (C=O) groups excluding carboxylic acids is 1. The summed E-state index contributed by atoms with van der Waals surface area (Å²) in [4.78, 5) is 19.2. The van der Waals surface area contributed by atoms with Crippen LogP contribution in [0.4, 0.5) is 0 Å². The standard InChI is InChI=1S/C22H24N4O3/c1-28-19-6-4-5-18(13-19)21-24-20(29-25-21)14-23-22(27)17-9-7-16(8-10-17)15-26-11-2-3-12-26/h4-10,13H,2-3,11-12,14-15H2,1H3,(H,23,27). The summed E-state index contributed by atoms with van der Waals surface area (Å²) in [5.41, 5.74) is 2.63. The van der Waals surface area contributed by atoms with Gasteiger partial charge in [-0.05, 0) is 55.8 Å². The van der Waals surface area contributed by atoms with Crippen LogP contribution in [0.3, 0.4) is 0 Å². The summed E-state index contributed by atoms with van der Waals surface area (Å²) in [6, 6.07) is 15.2. The first-order chi connectivity index (χ1) is 14.2. The molecule has 4 rings (SSSR count). The molecule has 150 valence electrons. The predicted molar refractivity (Wildman–Crippen MR) is 108 cm³/mol. The van der Waals surface area contributed by atoms with E-state index in [9.17, 15) is 4.79 Å². The average molecular weight is 392 g/mol. The van der Waals surface area contributed by atoms with Gasteiger partial charge in [-0.15, -0.1) is 0 Å². The molecule has 1 aliphatic rings. The Kier molecular flexibility index (Phi) is 5.86. The van der Waals surface area contributed by atoms with Crippen LogP contribution < -0.4 is 10.1 Å². The van der Waals surface area contributed by atoms with Crippen molar-refractivity contribution in [3.63, 3.8) is 0 Å². The number of amides is 1. The maximum absolute atomic E-state index is 12.4. The Labute approximate surface area is 169 Å². The minimum Gasteiger partial charge on any atom is -0.497 e. The minimum atomic E-state index is -0.168. The van der Waals surface area contributed by atoms with Crippen molar-refractivity contribution in [1.29, 1.82) is 0 Å². The molecule has 1 saturated heterocycles. The zero-order valence-corrected chi connectivity index (χ0v) is 16.4. The highest BCUT2D eigenvalue weighted by Gasteiger charge is 2.13. The quantitative estimate of drug-likeness (QED) is 0.665. The summed E-state index contributed by atoms with van der Waals surface area (Å²) < 4.78 is 10.5. The van der Waals surface area contributed by atoms with Crippen LogP contribution in [0.15, 0.2) is 53.1 Å². The van der Waals surface area contributed by atoms with E-state index in [1.165, 1.54) is 18.4 Å². The molecule has 1 aromatic heterocycles. The third kappa shape index (κ3) is 4.81. The van der Waals surface area contributed by atoms with Crippen LogP contribution >= 0.6 is 0 Å². The molecule has 2 aromatic carbocycles. The first-order valence-corrected chi connectivity index (χ1v) is 9.78. The van der Waals surface area contributed by atoms with Crippen LogP contribution in [0.1, 0.15) is 34.7 Å². The third-order valence-corrected chi connectivity index (χ3v) is 5.02. The van der Waals surface area contributed by atoms with Gasteiger partial charge in [0.05, 0.1) is 13.7 Å². The smallest absolute Gasteiger partial charge is 0.251 e. The fourth-order valence-electron chi connectivity index (χ4n) is 3.42. The summed E-state index contributed by atoms with van der Waals surface area (Å²) in [6.07, 6.45) is 2.55. The van der Waals surface area contributed by atoms with Crippen LogP contribution in [-0.4, -0.2) is 41.1 Å². The molecule has 1 fully saturated rings. The van der Waals surface area contributed by atoms with Crippen molar-refractivity contribution < 1.29 is 14.1 Å². The number of ether oxygens (including phenoxy) is 1. The Morgan fingerprint density at radius 3 is 2.72 bits per heavy atom. The first kappa shape index (κ1) is 19.1. The van der Waals surface area contributed by atoms with Crippen LogP contribution in [0.2, 0.25) is 0 Å². The van der Waals surface area contributed by atoms with E-state index in [0.29, 0.717) is 17.3 Å². The molecule has 29 heavy (non-hydrogen) atoms. The predicted octanol–water partition coefficient (Wildman–Crippen LogP) is 3.27. The van der Waals surface area contributed by atoms with Gasteiger partial charge >= 0.3 is 0 Å². The van der Waals surface area contributed by atoms with E-state index in [1.807, 2.05) is 48.5 Å².